The summed E-state index contributed by atoms with van der Waals surface area (Å²) in [5.41, 5.74) is -1.05. The molecule has 11 heteroatoms. The van der Waals surface area contributed by atoms with Gasteiger partial charge >= 0.3 is 6.18 Å². The van der Waals surface area contributed by atoms with Crippen molar-refractivity contribution in [1.82, 2.24) is 4.31 Å². The fourth-order valence-corrected chi connectivity index (χ4v) is 4.89. The Morgan fingerprint density at radius 2 is 1.77 bits per heavy atom. The Labute approximate surface area is 174 Å². The maximum atomic E-state index is 13.0. The van der Waals surface area contributed by atoms with Gasteiger partial charge < -0.3 is 10.6 Å². The highest BCUT2D eigenvalue weighted by Gasteiger charge is 2.33. The fraction of sp³-hybridized carbons (Fsp3) is 0.579. The van der Waals surface area contributed by atoms with Crippen LogP contribution in [0.5, 0.6) is 0 Å². The van der Waals surface area contributed by atoms with E-state index in [4.69, 9.17) is 0 Å². The first-order valence-corrected chi connectivity index (χ1v) is 11.3. The Balaban J connectivity index is 2.10. The molecule has 1 heterocycles. The molecule has 0 unspecified atom stereocenters. The van der Waals surface area contributed by atoms with E-state index in [1.54, 1.807) is 0 Å². The van der Waals surface area contributed by atoms with Gasteiger partial charge in [-0.2, -0.15) is 13.2 Å². The first-order chi connectivity index (χ1) is 13.9. The lowest BCUT2D eigenvalue weighted by molar-refractivity contribution is -0.137. The van der Waals surface area contributed by atoms with Crippen molar-refractivity contribution >= 4 is 33.2 Å². The van der Waals surface area contributed by atoms with E-state index in [0.717, 1.165) is 24.6 Å². The second-order valence-electron chi connectivity index (χ2n) is 7.27. The summed E-state index contributed by atoms with van der Waals surface area (Å²) in [4.78, 5) is 24.0. The van der Waals surface area contributed by atoms with Crippen LogP contribution < -0.4 is 10.6 Å². The van der Waals surface area contributed by atoms with Crippen LogP contribution in [0.1, 0.15) is 45.1 Å². The summed E-state index contributed by atoms with van der Waals surface area (Å²) in [5, 5.41) is 4.86. The van der Waals surface area contributed by atoms with Gasteiger partial charge in [-0.05, 0) is 37.5 Å². The van der Waals surface area contributed by atoms with Crippen molar-refractivity contribution in [2.24, 2.45) is 5.92 Å². The van der Waals surface area contributed by atoms with Crippen LogP contribution in [0, 0.1) is 5.92 Å². The van der Waals surface area contributed by atoms with Crippen LogP contribution in [-0.4, -0.2) is 43.4 Å². The lowest BCUT2D eigenvalue weighted by Gasteiger charge is -2.30. The van der Waals surface area contributed by atoms with Crippen LogP contribution >= 0.6 is 0 Å². The molecule has 2 rings (SSSR count). The van der Waals surface area contributed by atoms with Gasteiger partial charge in [-0.15, -0.1) is 0 Å². The maximum absolute atomic E-state index is 13.0. The Morgan fingerprint density at radius 1 is 1.13 bits per heavy atom. The van der Waals surface area contributed by atoms with Crippen LogP contribution in [-0.2, 0) is 25.8 Å². The largest absolute Gasteiger partial charge is 0.416 e. The molecule has 7 nitrogen and oxygen atoms in total. The first kappa shape index (κ1) is 24.1. The minimum atomic E-state index is -4.60. The predicted octanol–water partition coefficient (Wildman–Crippen LogP) is 3.44. The highest BCUT2D eigenvalue weighted by molar-refractivity contribution is 7.89. The smallest absolute Gasteiger partial charge is 0.325 e. The molecular formula is C19H26F3N3O4S. The molecule has 0 aliphatic carbocycles. The van der Waals surface area contributed by atoms with Crippen molar-refractivity contribution in [2.75, 3.05) is 29.5 Å². The van der Waals surface area contributed by atoms with E-state index in [1.165, 1.54) is 11.2 Å². The average molecular weight is 449 g/mol. The number of carbonyl (C=O) groups excluding carboxylic acids is 2. The minimum Gasteiger partial charge on any atom is -0.325 e. The molecule has 1 saturated heterocycles. The summed E-state index contributed by atoms with van der Waals surface area (Å²) >= 11 is 0. The zero-order chi connectivity index (χ0) is 22.5. The number of nitrogens with zero attached hydrogens (tertiary/aromatic N) is 1. The number of nitrogens with one attached hydrogen (secondary N) is 2. The normalized spacial score (nSPS) is 16.3. The van der Waals surface area contributed by atoms with E-state index < -0.39 is 39.5 Å². The minimum absolute atomic E-state index is 0.0587. The highest BCUT2D eigenvalue weighted by Crippen LogP contribution is 2.34. The van der Waals surface area contributed by atoms with E-state index >= 15 is 0 Å². The molecular weight excluding hydrogens is 423 g/mol. The molecule has 0 radical (unpaired) electrons. The summed E-state index contributed by atoms with van der Waals surface area (Å²) in [6.07, 6.45) is -2.75. The molecule has 30 heavy (non-hydrogen) atoms. The van der Waals surface area contributed by atoms with Crippen molar-refractivity contribution in [3.8, 4) is 0 Å². The number of benzene rings is 1. The van der Waals surface area contributed by atoms with Gasteiger partial charge in [0.05, 0.1) is 22.7 Å². The number of piperidine rings is 1. The quantitative estimate of drug-likeness (QED) is 0.667. The number of hydrogen-bond acceptors (Lipinski definition) is 4. The van der Waals surface area contributed by atoms with Gasteiger partial charge in [0.2, 0.25) is 21.8 Å². The SMILES string of the molecule is CCCCS(=O)(=O)N1CCC(C(=O)Nc2cc(C(F)(F)F)ccc2NC(C)=O)CC1. The fourth-order valence-electron chi connectivity index (χ4n) is 3.21. The summed E-state index contributed by atoms with van der Waals surface area (Å²) < 4.78 is 65.0. The van der Waals surface area contributed by atoms with Crippen molar-refractivity contribution in [1.29, 1.82) is 0 Å². The standard InChI is InChI=1S/C19H26F3N3O4S/c1-3-4-11-30(28,29)25-9-7-14(8-10-25)18(27)24-17-12-15(19(20,21)22)5-6-16(17)23-13(2)26/h5-6,12,14H,3-4,7-11H2,1-2H3,(H,23,26)(H,24,27). The summed E-state index contributed by atoms with van der Waals surface area (Å²) in [6, 6.07) is 2.68. The monoisotopic (exact) mass is 449 g/mol. The number of anilines is 2. The molecule has 1 aliphatic rings. The lowest BCUT2D eigenvalue weighted by atomic mass is 9.97. The maximum Gasteiger partial charge on any atom is 0.416 e. The molecule has 1 fully saturated rings. The third kappa shape index (κ3) is 6.43. The number of hydrogen-bond donors (Lipinski definition) is 2. The second-order valence-corrected chi connectivity index (χ2v) is 9.36. The van der Waals surface area contributed by atoms with Crippen LogP contribution in [0.3, 0.4) is 0 Å². The van der Waals surface area contributed by atoms with Crippen molar-refractivity contribution in [2.45, 2.75) is 45.7 Å². The molecule has 0 bridgehead atoms. The number of amides is 2. The number of unbranched alkanes of at least 4 members (excludes halogenated alkanes) is 1. The first-order valence-electron chi connectivity index (χ1n) is 9.71. The highest BCUT2D eigenvalue weighted by atomic mass is 32.2. The average Bonchev–Trinajstić information content (AvgIpc) is 2.66. The molecule has 0 spiro atoms. The number of sulfonamides is 1. The van der Waals surface area contributed by atoms with Crippen molar-refractivity contribution in [3.63, 3.8) is 0 Å². The molecule has 168 valence electrons. The number of alkyl halides is 3. The van der Waals surface area contributed by atoms with Crippen LogP contribution in [0.4, 0.5) is 24.5 Å². The van der Waals surface area contributed by atoms with Gasteiger partial charge in [0.1, 0.15) is 0 Å². The Bertz CT molecular complexity index is 880. The summed E-state index contributed by atoms with van der Waals surface area (Å²) in [7, 11) is -3.37. The Morgan fingerprint density at radius 3 is 2.30 bits per heavy atom. The predicted molar refractivity (Wildman–Crippen MR) is 107 cm³/mol. The van der Waals surface area contributed by atoms with Crippen LogP contribution in [0.15, 0.2) is 18.2 Å². The summed E-state index contributed by atoms with van der Waals surface area (Å²) in [5.74, 6) is -1.48. The molecule has 2 N–H and O–H groups in total. The number of halogens is 3. The van der Waals surface area contributed by atoms with E-state index in [0.29, 0.717) is 6.42 Å². The van der Waals surface area contributed by atoms with E-state index in [9.17, 15) is 31.2 Å². The number of rotatable bonds is 7. The molecule has 0 atom stereocenters. The molecule has 1 aliphatic heterocycles. The molecule has 0 aromatic heterocycles. The van der Waals surface area contributed by atoms with E-state index in [-0.39, 0.29) is 43.1 Å². The van der Waals surface area contributed by atoms with E-state index in [1.807, 2.05) is 6.92 Å². The summed E-state index contributed by atoms with van der Waals surface area (Å²) in [6.45, 7) is 3.48. The van der Waals surface area contributed by atoms with Gasteiger partial charge in [0.15, 0.2) is 0 Å². The van der Waals surface area contributed by atoms with Gasteiger partial charge in [-0.25, -0.2) is 12.7 Å². The zero-order valence-electron chi connectivity index (χ0n) is 16.9. The van der Waals surface area contributed by atoms with Gasteiger partial charge in [-0.1, -0.05) is 13.3 Å². The van der Waals surface area contributed by atoms with Crippen LogP contribution in [0.2, 0.25) is 0 Å². The van der Waals surface area contributed by atoms with Gasteiger partial charge in [-0.3, -0.25) is 9.59 Å². The third-order valence-electron chi connectivity index (χ3n) is 4.89. The van der Waals surface area contributed by atoms with Crippen LogP contribution in [0.25, 0.3) is 0 Å². The Kier molecular flexibility index (Phi) is 7.87. The topological polar surface area (TPSA) is 95.6 Å². The zero-order valence-corrected chi connectivity index (χ0v) is 17.7. The van der Waals surface area contributed by atoms with E-state index in [2.05, 4.69) is 10.6 Å². The van der Waals surface area contributed by atoms with Gasteiger partial charge in [0, 0.05) is 25.9 Å². The Hall–Kier alpha value is -2.14. The molecule has 2 amide bonds. The molecule has 0 saturated carbocycles. The third-order valence-corrected chi connectivity index (χ3v) is 6.85. The van der Waals surface area contributed by atoms with Crippen molar-refractivity contribution < 1.29 is 31.2 Å². The number of carbonyl (C=O) groups is 2. The second kappa shape index (κ2) is 9.78. The lowest BCUT2D eigenvalue weighted by Crippen LogP contribution is -2.42. The van der Waals surface area contributed by atoms with Crippen molar-refractivity contribution in [3.05, 3.63) is 23.8 Å². The molecule has 1 aromatic carbocycles. The molecule has 1 aromatic rings. The van der Waals surface area contributed by atoms with Gasteiger partial charge in [0.25, 0.3) is 0 Å².